The van der Waals surface area contributed by atoms with Gasteiger partial charge in [-0.3, -0.25) is 4.98 Å². The number of aromatic nitrogens is 1. The molecule has 0 saturated carbocycles. The Hall–Kier alpha value is -0.810. The third-order valence-corrected chi connectivity index (χ3v) is 5.22. The minimum absolute atomic E-state index is 0.521. The van der Waals surface area contributed by atoms with E-state index in [0.29, 0.717) is 6.04 Å². The molecule has 3 heterocycles. The van der Waals surface area contributed by atoms with Crippen LogP contribution in [0, 0.1) is 0 Å². The number of halogens is 1. The fraction of sp³-hybridized carbons (Fsp3) is 0.643. The summed E-state index contributed by atoms with van der Waals surface area (Å²) in [5.74, 6) is 0. The number of nitrogens with two attached hydrogens (primary N) is 1. The van der Waals surface area contributed by atoms with Gasteiger partial charge in [-0.05, 0) is 48.7 Å². The first-order chi connectivity index (χ1) is 9.15. The van der Waals surface area contributed by atoms with E-state index in [-0.39, 0.29) is 0 Å². The van der Waals surface area contributed by atoms with E-state index in [1.165, 1.54) is 32.1 Å². The van der Waals surface area contributed by atoms with Gasteiger partial charge in [0.25, 0.3) is 0 Å². The Kier molecular flexibility index (Phi) is 3.67. The van der Waals surface area contributed by atoms with Crippen LogP contribution in [0.5, 0.6) is 0 Å². The summed E-state index contributed by atoms with van der Waals surface area (Å²) in [6.45, 7) is 0. The van der Waals surface area contributed by atoms with Gasteiger partial charge in [-0.25, -0.2) is 0 Å². The highest BCUT2D eigenvalue weighted by atomic mass is 79.9. The van der Waals surface area contributed by atoms with Crippen molar-refractivity contribution in [2.45, 2.75) is 50.2 Å². The van der Waals surface area contributed by atoms with Crippen molar-refractivity contribution >= 4 is 27.3 Å². The smallest absolute Gasteiger partial charge is 0.0752 e. The number of rotatable bonds is 2. The first-order valence-corrected chi connectivity index (χ1v) is 7.82. The molecule has 0 radical (unpaired) electrons. The Labute approximate surface area is 122 Å². The third kappa shape index (κ3) is 2.58. The zero-order valence-corrected chi connectivity index (χ0v) is 12.9. The largest absolute Gasteiger partial charge is 0.396 e. The van der Waals surface area contributed by atoms with Crippen molar-refractivity contribution in [2.75, 3.05) is 18.1 Å². The zero-order chi connectivity index (χ0) is 13.4. The van der Waals surface area contributed by atoms with Crippen LogP contribution in [-0.2, 0) is 0 Å². The highest BCUT2D eigenvalue weighted by Crippen LogP contribution is 2.36. The number of nitrogen functional groups attached to an aromatic ring is 1. The van der Waals surface area contributed by atoms with Gasteiger partial charge < -0.3 is 16.0 Å². The molecule has 4 nitrogen and oxygen atoms in total. The third-order valence-electron chi connectivity index (χ3n) is 4.62. The first-order valence-electron chi connectivity index (χ1n) is 7.02. The molecular formula is C14H21BrN4. The van der Waals surface area contributed by atoms with Crippen molar-refractivity contribution in [1.29, 1.82) is 0 Å². The van der Waals surface area contributed by atoms with Crippen molar-refractivity contribution in [3.05, 3.63) is 16.9 Å². The summed E-state index contributed by atoms with van der Waals surface area (Å²) in [7, 11) is 2.28. The molecule has 1 aromatic rings. The van der Waals surface area contributed by atoms with Crippen molar-refractivity contribution in [3.63, 3.8) is 0 Å². The quantitative estimate of drug-likeness (QED) is 0.878. The van der Waals surface area contributed by atoms with Gasteiger partial charge in [0.15, 0.2) is 0 Å². The minimum Gasteiger partial charge on any atom is -0.396 e. The summed E-state index contributed by atoms with van der Waals surface area (Å²) in [5, 5.41) is 3.63. The van der Waals surface area contributed by atoms with Crippen LogP contribution in [0.3, 0.4) is 0 Å². The summed E-state index contributed by atoms with van der Waals surface area (Å²) < 4.78 is 0.955. The molecule has 0 aliphatic carbocycles. The second-order valence-corrected chi connectivity index (χ2v) is 6.66. The van der Waals surface area contributed by atoms with Gasteiger partial charge in [-0.1, -0.05) is 6.42 Å². The molecule has 0 amide bonds. The minimum atomic E-state index is 0.521. The van der Waals surface area contributed by atoms with Crippen molar-refractivity contribution < 1.29 is 0 Å². The van der Waals surface area contributed by atoms with Crippen molar-refractivity contribution in [3.8, 4) is 0 Å². The van der Waals surface area contributed by atoms with Crippen LogP contribution in [0.2, 0.25) is 0 Å². The summed E-state index contributed by atoms with van der Waals surface area (Å²) >= 11 is 3.53. The van der Waals surface area contributed by atoms with Gasteiger partial charge in [-0.15, -0.1) is 0 Å². The van der Waals surface area contributed by atoms with Gasteiger partial charge in [0.2, 0.25) is 0 Å². The fourth-order valence-electron chi connectivity index (χ4n) is 3.54. The molecule has 104 valence electrons. The molecule has 5 heteroatoms. The van der Waals surface area contributed by atoms with Crippen LogP contribution in [-0.4, -0.2) is 35.1 Å². The van der Waals surface area contributed by atoms with Crippen LogP contribution < -0.4 is 11.1 Å². The molecule has 1 aromatic heterocycles. The maximum Gasteiger partial charge on any atom is 0.0752 e. The van der Waals surface area contributed by atoms with Crippen LogP contribution in [0.15, 0.2) is 16.9 Å². The Morgan fingerprint density at radius 3 is 2.63 bits per heavy atom. The fourth-order valence-corrected chi connectivity index (χ4v) is 4.00. The predicted octanol–water partition coefficient (Wildman–Crippen LogP) is 2.85. The van der Waals surface area contributed by atoms with Crippen molar-refractivity contribution in [1.82, 2.24) is 9.88 Å². The SMILES string of the molecule is CN1C2CCCC1CC(Nc1c(N)cncc1Br)C2. The predicted molar refractivity (Wildman–Crippen MR) is 82.2 cm³/mol. The standard InChI is InChI=1S/C14H21BrN4/c1-19-10-3-2-4-11(19)6-9(5-10)18-14-12(15)7-17-8-13(14)16/h7-11H,2-6,16H2,1H3,(H,17,18). The highest BCUT2D eigenvalue weighted by Gasteiger charge is 2.36. The Morgan fingerprint density at radius 1 is 1.32 bits per heavy atom. The lowest BCUT2D eigenvalue weighted by Crippen LogP contribution is -2.52. The van der Waals surface area contributed by atoms with Gasteiger partial charge >= 0.3 is 0 Å². The highest BCUT2D eigenvalue weighted by molar-refractivity contribution is 9.10. The molecule has 0 aromatic carbocycles. The van der Waals surface area contributed by atoms with Crippen LogP contribution in [0.4, 0.5) is 11.4 Å². The first kappa shape index (κ1) is 13.2. The van der Waals surface area contributed by atoms with Gasteiger partial charge in [0.05, 0.1) is 22.0 Å². The molecular weight excluding hydrogens is 304 g/mol. The molecule has 2 fully saturated rings. The van der Waals surface area contributed by atoms with E-state index >= 15 is 0 Å². The molecule has 2 saturated heterocycles. The average molecular weight is 325 g/mol. The molecule has 19 heavy (non-hydrogen) atoms. The van der Waals surface area contributed by atoms with E-state index < -0.39 is 0 Å². The van der Waals surface area contributed by atoms with Crippen LogP contribution in [0.25, 0.3) is 0 Å². The second kappa shape index (κ2) is 5.29. The number of nitrogens with zero attached hydrogens (tertiary/aromatic N) is 2. The molecule has 2 unspecified atom stereocenters. The van der Waals surface area contributed by atoms with E-state index in [1.54, 1.807) is 12.4 Å². The number of fused-ring (bicyclic) bond motifs is 2. The van der Waals surface area contributed by atoms with E-state index in [9.17, 15) is 0 Å². The summed E-state index contributed by atoms with van der Waals surface area (Å²) in [6, 6.07) is 1.98. The van der Waals surface area contributed by atoms with Crippen LogP contribution >= 0.6 is 15.9 Å². The van der Waals surface area contributed by atoms with Gasteiger partial charge in [-0.2, -0.15) is 0 Å². The van der Waals surface area contributed by atoms with Crippen LogP contribution in [0.1, 0.15) is 32.1 Å². The molecule has 0 spiro atoms. The number of hydrogen-bond acceptors (Lipinski definition) is 4. The van der Waals surface area contributed by atoms with Gasteiger partial charge in [0.1, 0.15) is 0 Å². The Bertz CT molecular complexity index is 431. The number of nitrogens with one attached hydrogen (secondary N) is 1. The maximum atomic E-state index is 6.02. The number of pyridine rings is 1. The number of piperidine rings is 2. The maximum absolute atomic E-state index is 6.02. The average Bonchev–Trinajstić information content (AvgIpc) is 2.35. The lowest BCUT2D eigenvalue weighted by molar-refractivity contribution is 0.0608. The van der Waals surface area contributed by atoms with E-state index in [4.69, 9.17) is 5.73 Å². The molecule has 2 bridgehead atoms. The Balaban J connectivity index is 1.74. The lowest BCUT2D eigenvalue weighted by atomic mass is 9.82. The summed E-state index contributed by atoms with van der Waals surface area (Å²) in [4.78, 5) is 6.66. The van der Waals surface area contributed by atoms with Gasteiger partial charge in [0, 0.05) is 24.3 Å². The second-order valence-electron chi connectivity index (χ2n) is 5.80. The molecule has 2 atom stereocenters. The lowest BCUT2D eigenvalue weighted by Gasteiger charge is -2.47. The number of anilines is 2. The van der Waals surface area contributed by atoms with E-state index in [1.807, 2.05) is 0 Å². The van der Waals surface area contributed by atoms with E-state index in [0.717, 1.165) is 27.9 Å². The normalized spacial score (nSPS) is 31.2. The molecule has 3 rings (SSSR count). The summed E-state index contributed by atoms with van der Waals surface area (Å²) in [6.07, 6.45) is 9.98. The molecule has 3 N–H and O–H groups in total. The monoisotopic (exact) mass is 324 g/mol. The topological polar surface area (TPSA) is 54.2 Å². The Morgan fingerprint density at radius 2 is 2.00 bits per heavy atom. The van der Waals surface area contributed by atoms with E-state index in [2.05, 4.69) is 38.2 Å². The molecule has 2 aliphatic heterocycles. The zero-order valence-electron chi connectivity index (χ0n) is 11.3. The summed E-state index contributed by atoms with van der Waals surface area (Å²) in [5.41, 5.74) is 7.74. The molecule has 2 aliphatic rings. The van der Waals surface area contributed by atoms with Crippen molar-refractivity contribution in [2.24, 2.45) is 0 Å². The number of hydrogen-bond donors (Lipinski definition) is 2.